The van der Waals surface area contributed by atoms with Crippen molar-refractivity contribution in [2.75, 3.05) is 65.9 Å². The number of aliphatic carboxylic acids is 1. The van der Waals surface area contributed by atoms with Crippen molar-refractivity contribution in [3.63, 3.8) is 0 Å². The summed E-state index contributed by atoms with van der Waals surface area (Å²) >= 11 is 0. The number of carboxylic acid groups (broad SMARTS) is 1. The lowest BCUT2D eigenvalue weighted by molar-refractivity contribution is -0.137. The molecule has 0 aromatic carbocycles. The van der Waals surface area contributed by atoms with Gasteiger partial charge in [0, 0.05) is 32.5 Å². The summed E-state index contributed by atoms with van der Waals surface area (Å²) in [5.41, 5.74) is 0. The largest absolute Gasteiger partial charge is 0.481 e. The first-order valence-electron chi connectivity index (χ1n) is 9.12. The summed E-state index contributed by atoms with van der Waals surface area (Å²) < 4.78 is 20.8. The van der Waals surface area contributed by atoms with Crippen molar-refractivity contribution >= 4 is 17.8 Å². The number of ether oxygens (including phenoxy) is 4. The molecule has 0 aliphatic carbocycles. The van der Waals surface area contributed by atoms with Crippen LogP contribution < -0.4 is 10.6 Å². The average Bonchev–Trinajstić information content (AvgIpc) is 2.62. The van der Waals surface area contributed by atoms with E-state index in [1.165, 1.54) is 0 Å². The van der Waals surface area contributed by atoms with Gasteiger partial charge < -0.3 is 34.7 Å². The lowest BCUT2D eigenvalue weighted by Crippen LogP contribution is -2.31. The Bertz CT molecular complexity index is 406. The molecule has 0 aliphatic heterocycles. The van der Waals surface area contributed by atoms with Crippen LogP contribution in [0, 0.1) is 0 Å². The number of carbonyl (C=O) groups is 3. The van der Waals surface area contributed by atoms with Gasteiger partial charge in [-0.25, -0.2) is 0 Å². The molecule has 0 aromatic heterocycles. The van der Waals surface area contributed by atoms with Gasteiger partial charge in [0.15, 0.2) is 0 Å². The zero-order valence-electron chi connectivity index (χ0n) is 16.0. The predicted octanol–water partition coefficient (Wildman–Crippen LogP) is -0.440. The molecule has 10 heteroatoms. The van der Waals surface area contributed by atoms with Crippen molar-refractivity contribution in [1.29, 1.82) is 0 Å². The molecule has 27 heavy (non-hydrogen) atoms. The van der Waals surface area contributed by atoms with Crippen molar-refractivity contribution in [1.82, 2.24) is 10.6 Å². The Kier molecular flexibility index (Phi) is 17.8. The van der Waals surface area contributed by atoms with Crippen LogP contribution in [-0.4, -0.2) is 88.8 Å². The smallest absolute Gasteiger partial charge is 0.303 e. The third kappa shape index (κ3) is 20.4. The Morgan fingerprint density at radius 1 is 0.741 bits per heavy atom. The van der Waals surface area contributed by atoms with Crippen LogP contribution in [0.2, 0.25) is 0 Å². The Morgan fingerprint density at radius 3 is 1.89 bits per heavy atom. The number of hydrogen-bond acceptors (Lipinski definition) is 7. The maximum absolute atomic E-state index is 11.5. The number of carboxylic acids is 1. The first-order valence-corrected chi connectivity index (χ1v) is 9.12. The van der Waals surface area contributed by atoms with E-state index in [0.717, 1.165) is 0 Å². The van der Waals surface area contributed by atoms with E-state index in [1.54, 1.807) is 0 Å². The summed E-state index contributed by atoms with van der Waals surface area (Å²) in [5, 5.41) is 13.8. The van der Waals surface area contributed by atoms with Crippen molar-refractivity contribution < 1.29 is 38.4 Å². The van der Waals surface area contributed by atoms with Crippen molar-refractivity contribution in [3.05, 3.63) is 0 Å². The van der Waals surface area contributed by atoms with Crippen LogP contribution in [0.1, 0.15) is 26.2 Å². The minimum absolute atomic E-state index is 0.0181. The van der Waals surface area contributed by atoms with Gasteiger partial charge in [0.05, 0.1) is 39.6 Å². The zero-order chi connectivity index (χ0) is 20.2. The van der Waals surface area contributed by atoms with Gasteiger partial charge in [0.2, 0.25) is 11.8 Å². The minimum atomic E-state index is -0.911. The maximum atomic E-state index is 11.5. The van der Waals surface area contributed by atoms with Gasteiger partial charge in [-0.1, -0.05) is 0 Å². The molecule has 0 bridgehead atoms. The summed E-state index contributed by atoms with van der Waals surface area (Å²) in [4.78, 5) is 33.2. The molecule has 0 aliphatic rings. The van der Waals surface area contributed by atoms with E-state index in [4.69, 9.17) is 24.1 Å². The number of amides is 2. The number of hydrogen-bond donors (Lipinski definition) is 3. The molecule has 158 valence electrons. The van der Waals surface area contributed by atoms with Crippen LogP contribution in [0.25, 0.3) is 0 Å². The molecular weight excluding hydrogens is 360 g/mol. The minimum Gasteiger partial charge on any atom is -0.481 e. The fraction of sp³-hybridized carbons (Fsp3) is 0.824. The van der Waals surface area contributed by atoms with Crippen molar-refractivity contribution in [2.24, 2.45) is 0 Å². The van der Waals surface area contributed by atoms with Crippen LogP contribution in [0.15, 0.2) is 0 Å². The maximum Gasteiger partial charge on any atom is 0.303 e. The third-order valence-electron chi connectivity index (χ3n) is 3.11. The zero-order valence-corrected chi connectivity index (χ0v) is 16.0. The first kappa shape index (κ1) is 25.2. The SMILES string of the molecule is CCOCCOCCNC(=O)COCCOCCNC(=O)CCCC(=O)O. The Hall–Kier alpha value is -1.75. The molecule has 0 radical (unpaired) electrons. The topological polar surface area (TPSA) is 132 Å². The molecule has 0 saturated carbocycles. The van der Waals surface area contributed by atoms with Crippen LogP contribution in [0.3, 0.4) is 0 Å². The summed E-state index contributed by atoms with van der Waals surface area (Å²) in [6, 6.07) is 0. The lowest BCUT2D eigenvalue weighted by Gasteiger charge is -2.08. The highest BCUT2D eigenvalue weighted by molar-refractivity contribution is 5.77. The fourth-order valence-corrected chi connectivity index (χ4v) is 1.81. The van der Waals surface area contributed by atoms with Crippen LogP contribution in [0.5, 0.6) is 0 Å². The molecule has 2 amide bonds. The van der Waals surface area contributed by atoms with Gasteiger partial charge in [-0.3, -0.25) is 14.4 Å². The molecular formula is C17H32N2O8. The molecule has 0 fully saturated rings. The van der Waals surface area contributed by atoms with E-state index in [9.17, 15) is 14.4 Å². The highest BCUT2D eigenvalue weighted by atomic mass is 16.5. The second-order valence-corrected chi connectivity index (χ2v) is 5.42. The van der Waals surface area contributed by atoms with E-state index in [0.29, 0.717) is 59.2 Å². The molecule has 0 heterocycles. The van der Waals surface area contributed by atoms with E-state index in [-0.39, 0.29) is 37.9 Å². The first-order chi connectivity index (χ1) is 13.1. The summed E-state index contributed by atoms with van der Waals surface area (Å²) in [6.45, 7) is 5.63. The number of carbonyl (C=O) groups excluding carboxylic acids is 2. The average molecular weight is 392 g/mol. The number of nitrogens with one attached hydrogen (secondary N) is 2. The van der Waals surface area contributed by atoms with Gasteiger partial charge >= 0.3 is 5.97 Å². The molecule has 10 nitrogen and oxygen atoms in total. The van der Waals surface area contributed by atoms with E-state index >= 15 is 0 Å². The van der Waals surface area contributed by atoms with Crippen molar-refractivity contribution in [2.45, 2.75) is 26.2 Å². The van der Waals surface area contributed by atoms with Gasteiger partial charge in [-0.2, -0.15) is 0 Å². The normalized spacial score (nSPS) is 10.6. The summed E-state index contributed by atoms with van der Waals surface area (Å²) in [7, 11) is 0. The molecule has 0 saturated heterocycles. The van der Waals surface area contributed by atoms with E-state index < -0.39 is 5.97 Å². The number of rotatable bonds is 19. The van der Waals surface area contributed by atoms with E-state index in [1.807, 2.05) is 6.92 Å². The second-order valence-electron chi connectivity index (χ2n) is 5.42. The van der Waals surface area contributed by atoms with Crippen LogP contribution in [-0.2, 0) is 33.3 Å². The second kappa shape index (κ2) is 19.0. The van der Waals surface area contributed by atoms with Crippen LogP contribution >= 0.6 is 0 Å². The van der Waals surface area contributed by atoms with Gasteiger partial charge in [-0.05, 0) is 13.3 Å². The van der Waals surface area contributed by atoms with Gasteiger partial charge in [0.1, 0.15) is 6.61 Å². The quantitative estimate of drug-likeness (QED) is 0.252. The molecule has 0 aromatic rings. The monoisotopic (exact) mass is 392 g/mol. The molecule has 0 atom stereocenters. The molecule has 0 unspecified atom stereocenters. The fourth-order valence-electron chi connectivity index (χ4n) is 1.81. The highest BCUT2D eigenvalue weighted by Crippen LogP contribution is 1.94. The van der Waals surface area contributed by atoms with Crippen molar-refractivity contribution in [3.8, 4) is 0 Å². The Morgan fingerprint density at radius 2 is 1.30 bits per heavy atom. The molecule has 3 N–H and O–H groups in total. The third-order valence-corrected chi connectivity index (χ3v) is 3.11. The summed E-state index contributed by atoms with van der Waals surface area (Å²) in [5.74, 6) is -1.34. The lowest BCUT2D eigenvalue weighted by atomic mass is 10.2. The van der Waals surface area contributed by atoms with Gasteiger partial charge in [-0.15, -0.1) is 0 Å². The molecule has 0 spiro atoms. The molecule has 0 rings (SSSR count). The summed E-state index contributed by atoms with van der Waals surface area (Å²) in [6.07, 6.45) is 0.481. The van der Waals surface area contributed by atoms with Crippen LogP contribution in [0.4, 0.5) is 0 Å². The highest BCUT2D eigenvalue weighted by Gasteiger charge is 2.03. The Balaban J connectivity index is 3.28. The Labute approximate surface area is 159 Å². The van der Waals surface area contributed by atoms with Gasteiger partial charge in [0.25, 0.3) is 0 Å². The standard InChI is InChI=1S/C17H32N2O8/c1-2-24-10-11-25-9-7-19-16(21)14-27-13-12-26-8-6-18-15(20)4-3-5-17(22)23/h2-14H2,1H3,(H,18,20)(H,19,21)(H,22,23). The van der Waals surface area contributed by atoms with E-state index in [2.05, 4.69) is 10.6 Å². The predicted molar refractivity (Wildman–Crippen MR) is 96.5 cm³/mol.